The van der Waals surface area contributed by atoms with E-state index in [1.807, 2.05) is 13.0 Å². The van der Waals surface area contributed by atoms with Crippen LogP contribution in [0.1, 0.15) is 35.3 Å². The Labute approximate surface area is 133 Å². The number of rotatable bonds is 3. The van der Waals surface area contributed by atoms with E-state index >= 15 is 0 Å². The molecule has 0 amide bonds. The Hall–Kier alpha value is -1.66. The minimum Gasteiger partial charge on any atom is -0.474 e. The molecule has 2 aliphatic heterocycles. The van der Waals surface area contributed by atoms with E-state index in [1.54, 1.807) is 11.3 Å². The van der Waals surface area contributed by atoms with E-state index < -0.39 is 0 Å². The summed E-state index contributed by atoms with van der Waals surface area (Å²) in [6.45, 7) is 5.18. The SMILES string of the molecule is Cc1ccc2c(n1)OCCN2Cc1csc([C@H]2CCCO2)n1. The summed E-state index contributed by atoms with van der Waals surface area (Å²) in [6.07, 6.45) is 2.44. The molecule has 5 nitrogen and oxygen atoms in total. The predicted octanol–water partition coefficient (Wildman–Crippen LogP) is 3.10. The molecular weight excluding hydrogens is 298 g/mol. The summed E-state index contributed by atoms with van der Waals surface area (Å²) in [5, 5.41) is 3.26. The van der Waals surface area contributed by atoms with Gasteiger partial charge in [-0.25, -0.2) is 9.97 Å². The quantitative estimate of drug-likeness (QED) is 0.870. The molecule has 2 aromatic heterocycles. The van der Waals surface area contributed by atoms with E-state index in [1.165, 1.54) is 0 Å². The van der Waals surface area contributed by atoms with Gasteiger partial charge in [-0.3, -0.25) is 0 Å². The van der Waals surface area contributed by atoms with E-state index in [0.29, 0.717) is 6.61 Å². The molecule has 2 aromatic rings. The maximum absolute atomic E-state index is 5.72. The van der Waals surface area contributed by atoms with Crippen LogP contribution in [0.25, 0.3) is 0 Å². The second-order valence-electron chi connectivity index (χ2n) is 5.73. The monoisotopic (exact) mass is 317 g/mol. The second kappa shape index (κ2) is 5.85. The number of hydrogen-bond donors (Lipinski definition) is 0. The Morgan fingerprint density at radius 3 is 3.14 bits per heavy atom. The number of aryl methyl sites for hydroxylation is 1. The highest BCUT2D eigenvalue weighted by molar-refractivity contribution is 7.09. The van der Waals surface area contributed by atoms with E-state index in [2.05, 4.69) is 21.3 Å². The van der Waals surface area contributed by atoms with Gasteiger partial charge < -0.3 is 14.4 Å². The van der Waals surface area contributed by atoms with Crippen LogP contribution < -0.4 is 9.64 Å². The number of aromatic nitrogens is 2. The highest BCUT2D eigenvalue weighted by Crippen LogP contribution is 2.33. The van der Waals surface area contributed by atoms with Gasteiger partial charge in [-0.15, -0.1) is 11.3 Å². The average Bonchev–Trinajstić information content (AvgIpc) is 3.18. The molecule has 0 spiro atoms. The highest BCUT2D eigenvalue weighted by Gasteiger charge is 2.23. The van der Waals surface area contributed by atoms with Crippen molar-refractivity contribution in [3.63, 3.8) is 0 Å². The van der Waals surface area contributed by atoms with Gasteiger partial charge in [-0.05, 0) is 31.9 Å². The van der Waals surface area contributed by atoms with Gasteiger partial charge in [0.2, 0.25) is 5.88 Å². The Kier molecular flexibility index (Phi) is 3.72. The lowest BCUT2D eigenvalue weighted by Crippen LogP contribution is -2.32. The van der Waals surface area contributed by atoms with Crippen molar-refractivity contribution >= 4 is 17.0 Å². The van der Waals surface area contributed by atoms with Gasteiger partial charge in [-0.2, -0.15) is 0 Å². The number of fused-ring (bicyclic) bond motifs is 1. The van der Waals surface area contributed by atoms with Crippen LogP contribution in [0.5, 0.6) is 5.88 Å². The number of pyridine rings is 1. The second-order valence-corrected chi connectivity index (χ2v) is 6.62. The van der Waals surface area contributed by atoms with E-state index in [-0.39, 0.29) is 6.10 Å². The zero-order valence-corrected chi connectivity index (χ0v) is 13.4. The normalized spacial score (nSPS) is 20.8. The molecule has 1 atom stereocenters. The molecule has 0 aromatic carbocycles. The summed E-state index contributed by atoms with van der Waals surface area (Å²) in [5.41, 5.74) is 3.14. The molecule has 0 radical (unpaired) electrons. The van der Waals surface area contributed by atoms with Crippen molar-refractivity contribution in [1.82, 2.24) is 9.97 Å². The fourth-order valence-corrected chi connectivity index (χ4v) is 3.81. The summed E-state index contributed by atoms with van der Waals surface area (Å²) in [6, 6.07) is 4.11. The smallest absolute Gasteiger partial charge is 0.237 e. The average molecular weight is 317 g/mol. The van der Waals surface area contributed by atoms with Crippen molar-refractivity contribution in [3.05, 3.63) is 33.9 Å². The third-order valence-electron chi connectivity index (χ3n) is 4.05. The number of hydrogen-bond acceptors (Lipinski definition) is 6. The largest absolute Gasteiger partial charge is 0.474 e. The fraction of sp³-hybridized carbons (Fsp3) is 0.500. The summed E-state index contributed by atoms with van der Waals surface area (Å²) < 4.78 is 11.4. The molecule has 116 valence electrons. The minimum atomic E-state index is 0.208. The molecule has 2 aliphatic rings. The maximum atomic E-state index is 5.72. The Balaban J connectivity index is 1.52. The van der Waals surface area contributed by atoms with Gasteiger partial charge in [0.15, 0.2) is 0 Å². The first-order chi connectivity index (χ1) is 10.8. The molecule has 0 saturated carbocycles. The standard InChI is InChI=1S/C16H19N3O2S/c1-11-4-5-13-15(17-11)21-8-6-19(13)9-12-10-22-16(18-12)14-3-2-7-20-14/h4-5,10,14H,2-3,6-9H2,1H3/t14-/m1/s1. The van der Waals surface area contributed by atoms with E-state index in [0.717, 1.165) is 60.5 Å². The van der Waals surface area contributed by atoms with Crippen molar-refractivity contribution in [1.29, 1.82) is 0 Å². The van der Waals surface area contributed by atoms with Crippen LogP contribution in [0.2, 0.25) is 0 Å². The molecule has 0 unspecified atom stereocenters. The lowest BCUT2D eigenvalue weighted by Gasteiger charge is -2.29. The molecule has 6 heteroatoms. The Bertz CT molecular complexity index is 667. The molecule has 4 heterocycles. The van der Waals surface area contributed by atoms with E-state index in [4.69, 9.17) is 14.5 Å². The molecule has 22 heavy (non-hydrogen) atoms. The molecule has 1 saturated heterocycles. The van der Waals surface area contributed by atoms with Crippen molar-refractivity contribution in [2.75, 3.05) is 24.7 Å². The van der Waals surface area contributed by atoms with Crippen molar-refractivity contribution in [2.24, 2.45) is 0 Å². The first kappa shape index (κ1) is 14.0. The fourth-order valence-electron chi connectivity index (χ4n) is 2.92. The number of thiazole rings is 1. The van der Waals surface area contributed by atoms with Crippen LogP contribution in [-0.2, 0) is 11.3 Å². The lowest BCUT2D eigenvalue weighted by molar-refractivity contribution is 0.111. The molecule has 0 N–H and O–H groups in total. The van der Waals surface area contributed by atoms with Crippen LogP contribution in [0, 0.1) is 6.92 Å². The van der Waals surface area contributed by atoms with Gasteiger partial charge in [0.25, 0.3) is 0 Å². The Morgan fingerprint density at radius 2 is 2.27 bits per heavy atom. The van der Waals surface area contributed by atoms with Gasteiger partial charge in [-0.1, -0.05) is 0 Å². The van der Waals surface area contributed by atoms with Crippen LogP contribution in [0.3, 0.4) is 0 Å². The van der Waals surface area contributed by atoms with Gasteiger partial charge >= 0.3 is 0 Å². The lowest BCUT2D eigenvalue weighted by atomic mass is 10.2. The van der Waals surface area contributed by atoms with Crippen molar-refractivity contribution < 1.29 is 9.47 Å². The highest BCUT2D eigenvalue weighted by atomic mass is 32.1. The number of anilines is 1. The molecule has 1 fully saturated rings. The third-order valence-corrected chi connectivity index (χ3v) is 5.03. The summed E-state index contributed by atoms with van der Waals surface area (Å²) in [5.74, 6) is 0.737. The molecule has 4 rings (SSSR count). The summed E-state index contributed by atoms with van der Waals surface area (Å²) in [7, 11) is 0. The molecular formula is C16H19N3O2S. The molecule has 0 aliphatic carbocycles. The van der Waals surface area contributed by atoms with Crippen LogP contribution in [0.15, 0.2) is 17.5 Å². The summed E-state index contributed by atoms with van der Waals surface area (Å²) in [4.78, 5) is 11.5. The first-order valence-electron chi connectivity index (χ1n) is 7.71. The third kappa shape index (κ3) is 2.68. The van der Waals surface area contributed by atoms with Crippen molar-refractivity contribution in [3.8, 4) is 5.88 Å². The predicted molar refractivity (Wildman–Crippen MR) is 85.6 cm³/mol. The summed E-state index contributed by atoms with van der Waals surface area (Å²) >= 11 is 1.71. The first-order valence-corrected chi connectivity index (χ1v) is 8.59. The van der Waals surface area contributed by atoms with Crippen molar-refractivity contribution in [2.45, 2.75) is 32.4 Å². The Morgan fingerprint density at radius 1 is 1.32 bits per heavy atom. The molecule has 0 bridgehead atoms. The van der Waals surface area contributed by atoms with Crippen LogP contribution in [-0.4, -0.2) is 29.7 Å². The topological polar surface area (TPSA) is 47.5 Å². The zero-order valence-electron chi connectivity index (χ0n) is 12.6. The van der Waals surface area contributed by atoms with Gasteiger partial charge in [0.1, 0.15) is 23.4 Å². The minimum absolute atomic E-state index is 0.208. The zero-order chi connectivity index (χ0) is 14.9. The van der Waals surface area contributed by atoms with E-state index in [9.17, 15) is 0 Å². The maximum Gasteiger partial charge on any atom is 0.237 e. The van der Waals surface area contributed by atoms with Crippen LogP contribution in [0.4, 0.5) is 5.69 Å². The van der Waals surface area contributed by atoms with Gasteiger partial charge in [0.05, 0.1) is 18.8 Å². The van der Waals surface area contributed by atoms with Gasteiger partial charge in [0, 0.05) is 17.7 Å². The number of nitrogens with zero attached hydrogens (tertiary/aromatic N) is 3. The number of ether oxygens (including phenoxy) is 2. The van der Waals surface area contributed by atoms with Crippen LogP contribution >= 0.6 is 11.3 Å².